The topological polar surface area (TPSA) is 57.9 Å². The van der Waals surface area contributed by atoms with Crippen LogP contribution in [0.5, 0.6) is 5.75 Å². The Bertz CT molecular complexity index is 998. The molecule has 2 aromatic carbocycles. The zero-order valence-corrected chi connectivity index (χ0v) is 21.7. The molecule has 1 fully saturated rings. The van der Waals surface area contributed by atoms with Crippen molar-refractivity contribution < 1.29 is 4.74 Å². The summed E-state index contributed by atoms with van der Waals surface area (Å²) in [6, 6.07) is 16.9. The first-order valence-corrected chi connectivity index (χ1v) is 11.2. The van der Waals surface area contributed by atoms with Gasteiger partial charge in [0.05, 0.1) is 20.0 Å². The van der Waals surface area contributed by atoms with Crippen molar-refractivity contribution in [3.8, 4) is 5.75 Å². The van der Waals surface area contributed by atoms with Crippen LogP contribution in [-0.2, 0) is 13.1 Å². The van der Waals surface area contributed by atoms with Crippen molar-refractivity contribution in [2.24, 2.45) is 4.99 Å². The van der Waals surface area contributed by atoms with Crippen LogP contribution >= 0.6 is 24.0 Å². The zero-order valence-electron chi connectivity index (χ0n) is 19.4. The molecule has 0 spiro atoms. The number of guanidine groups is 1. The highest BCUT2D eigenvalue weighted by atomic mass is 127. The van der Waals surface area contributed by atoms with E-state index in [-0.39, 0.29) is 24.0 Å². The van der Waals surface area contributed by atoms with Crippen LogP contribution in [0.25, 0.3) is 0 Å². The lowest BCUT2D eigenvalue weighted by Gasteiger charge is -2.37. The molecule has 176 valence electrons. The second-order valence-corrected chi connectivity index (χ2v) is 7.90. The number of rotatable bonds is 7. The minimum atomic E-state index is 0. The van der Waals surface area contributed by atoms with Gasteiger partial charge in [-0.15, -0.1) is 24.0 Å². The fourth-order valence-electron chi connectivity index (χ4n) is 3.98. The van der Waals surface area contributed by atoms with E-state index < -0.39 is 0 Å². The van der Waals surface area contributed by atoms with Crippen molar-refractivity contribution in [2.45, 2.75) is 20.0 Å². The largest absolute Gasteiger partial charge is 0.497 e. The van der Waals surface area contributed by atoms with Crippen molar-refractivity contribution >= 4 is 35.6 Å². The summed E-state index contributed by atoms with van der Waals surface area (Å²) >= 11 is 0. The summed E-state index contributed by atoms with van der Waals surface area (Å²) in [6.45, 7) is 8.29. The van der Waals surface area contributed by atoms with Gasteiger partial charge in [0.2, 0.25) is 0 Å². The summed E-state index contributed by atoms with van der Waals surface area (Å²) in [4.78, 5) is 13.8. The van der Waals surface area contributed by atoms with Crippen LogP contribution in [-0.4, -0.2) is 60.2 Å². The molecule has 1 N–H and O–H groups in total. The van der Waals surface area contributed by atoms with Gasteiger partial charge in [-0.1, -0.05) is 24.3 Å². The summed E-state index contributed by atoms with van der Waals surface area (Å²) < 4.78 is 7.35. The van der Waals surface area contributed by atoms with Gasteiger partial charge in [0.15, 0.2) is 5.96 Å². The number of imidazole rings is 1. The molecular formula is C25H33IN6O. The maximum Gasteiger partial charge on any atom is 0.194 e. The number of aromatic nitrogens is 2. The van der Waals surface area contributed by atoms with Gasteiger partial charge in [-0.25, -0.2) is 9.98 Å². The number of hydrogen-bond acceptors (Lipinski definition) is 4. The Balaban J connectivity index is 0.00000306. The van der Waals surface area contributed by atoms with Crippen molar-refractivity contribution in [3.63, 3.8) is 0 Å². The molecule has 1 aliphatic rings. The monoisotopic (exact) mass is 560 g/mol. The van der Waals surface area contributed by atoms with Gasteiger partial charge in [-0.2, -0.15) is 0 Å². The average Bonchev–Trinajstić information content (AvgIpc) is 3.35. The highest BCUT2D eigenvalue weighted by molar-refractivity contribution is 14.0. The number of piperazine rings is 1. The van der Waals surface area contributed by atoms with Crippen LogP contribution < -0.4 is 15.0 Å². The summed E-state index contributed by atoms with van der Waals surface area (Å²) in [5.41, 5.74) is 3.71. The molecule has 4 rings (SSSR count). The Hall–Kier alpha value is -2.75. The van der Waals surface area contributed by atoms with Gasteiger partial charge in [0, 0.05) is 57.3 Å². The third kappa shape index (κ3) is 6.86. The summed E-state index contributed by atoms with van der Waals surface area (Å²) in [6.07, 6.45) is 5.64. The van der Waals surface area contributed by atoms with E-state index in [4.69, 9.17) is 9.73 Å². The Morgan fingerprint density at radius 3 is 2.48 bits per heavy atom. The van der Waals surface area contributed by atoms with E-state index in [1.807, 2.05) is 30.9 Å². The maximum absolute atomic E-state index is 5.27. The molecule has 1 aromatic heterocycles. The van der Waals surface area contributed by atoms with Crippen LogP contribution in [0.15, 0.2) is 72.2 Å². The number of nitrogens with one attached hydrogen (secondary N) is 1. The standard InChI is InChI=1S/C25H32N6O.HI/c1-3-27-25(28-18-21-5-4-6-22(17-21)19-29-12-11-26-20-29)31-15-13-30(14-16-31)23-7-9-24(32-2)10-8-23;/h4-12,17,20H,3,13-16,18-19H2,1-2H3,(H,27,28);1H. The summed E-state index contributed by atoms with van der Waals surface area (Å²) in [5, 5.41) is 3.47. The molecule has 8 heteroatoms. The number of nitrogens with zero attached hydrogens (tertiary/aromatic N) is 5. The second kappa shape index (κ2) is 12.5. The second-order valence-electron chi connectivity index (χ2n) is 7.90. The Morgan fingerprint density at radius 2 is 1.82 bits per heavy atom. The molecule has 3 aromatic rings. The molecule has 0 atom stereocenters. The van der Waals surface area contributed by atoms with Crippen molar-refractivity contribution in [3.05, 3.63) is 78.4 Å². The first-order chi connectivity index (χ1) is 15.7. The first-order valence-electron chi connectivity index (χ1n) is 11.2. The number of aliphatic imine (C=N–C) groups is 1. The highest BCUT2D eigenvalue weighted by Gasteiger charge is 2.20. The molecule has 0 saturated carbocycles. The lowest BCUT2D eigenvalue weighted by Crippen LogP contribution is -2.52. The fourth-order valence-corrected chi connectivity index (χ4v) is 3.98. The lowest BCUT2D eigenvalue weighted by atomic mass is 10.1. The fraction of sp³-hybridized carbons (Fsp3) is 0.360. The van der Waals surface area contributed by atoms with Crippen LogP contribution in [0, 0.1) is 0 Å². The van der Waals surface area contributed by atoms with E-state index in [1.54, 1.807) is 7.11 Å². The van der Waals surface area contributed by atoms with Gasteiger partial charge < -0.3 is 24.4 Å². The van der Waals surface area contributed by atoms with Crippen LogP contribution in [0.3, 0.4) is 0 Å². The molecule has 0 unspecified atom stereocenters. The highest BCUT2D eigenvalue weighted by Crippen LogP contribution is 2.20. The quantitative estimate of drug-likeness (QED) is 0.271. The van der Waals surface area contributed by atoms with E-state index in [0.717, 1.165) is 51.0 Å². The lowest BCUT2D eigenvalue weighted by molar-refractivity contribution is 0.372. The minimum absolute atomic E-state index is 0. The van der Waals surface area contributed by atoms with Crippen molar-refractivity contribution in [1.82, 2.24) is 19.8 Å². The first kappa shape index (κ1) is 24.9. The third-order valence-electron chi connectivity index (χ3n) is 5.68. The van der Waals surface area contributed by atoms with E-state index in [2.05, 4.69) is 68.0 Å². The number of halogens is 1. The molecule has 0 aliphatic carbocycles. The number of ether oxygens (including phenoxy) is 1. The van der Waals surface area contributed by atoms with Gasteiger partial charge in [-0.3, -0.25) is 0 Å². The Labute approximate surface area is 213 Å². The summed E-state index contributed by atoms with van der Waals surface area (Å²) in [5.74, 6) is 1.88. The number of methoxy groups -OCH3 is 1. The van der Waals surface area contributed by atoms with E-state index >= 15 is 0 Å². The van der Waals surface area contributed by atoms with Crippen LogP contribution in [0.4, 0.5) is 5.69 Å². The maximum atomic E-state index is 5.27. The molecule has 1 saturated heterocycles. The smallest absolute Gasteiger partial charge is 0.194 e. The Morgan fingerprint density at radius 1 is 1.06 bits per heavy atom. The molecule has 2 heterocycles. The van der Waals surface area contributed by atoms with Crippen LogP contribution in [0.1, 0.15) is 18.1 Å². The molecule has 0 radical (unpaired) electrons. The normalized spacial score (nSPS) is 14.1. The van der Waals surface area contributed by atoms with Gasteiger partial charge in [-0.05, 0) is 42.3 Å². The predicted molar refractivity (Wildman–Crippen MR) is 145 cm³/mol. The molecule has 7 nitrogen and oxygen atoms in total. The van der Waals surface area contributed by atoms with E-state index in [9.17, 15) is 0 Å². The predicted octanol–water partition coefficient (Wildman–Crippen LogP) is 3.85. The van der Waals surface area contributed by atoms with Gasteiger partial charge in [0.25, 0.3) is 0 Å². The summed E-state index contributed by atoms with van der Waals surface area (Å²) in [7, 11) is 1.70. The molecule has 33 heavy (non-hydrogen) atoms. The van der Waals surface area contributed by atoms with E-state index in [1.165, 1.54) is 16.8 Å². The average molecular weight is 560 g/mol. The third-order valence-corrected chi connectivity index (χ3v) is 5.68. The van der Waals surface area contributed by atoms with Gasteiger partial charge >= 0.3 is 0 Å². The molecule has 0 amide bonds. The van der Waals surface area contributed by atoms with Crippen molar-refractivity contribution in [2.75, 3.05) is 44.7 Å². The zero-order chi connectivity index (χ0) is 22.2. The minimum Gasteiger partial charge on any atom is -0.497 e. The number of hydrogen-bond donors (Lipinski definition) is 1. The Kier molecular flexibility index (Phi) is 9.41. The van der Waals surface area contributed by atoms with E-state index in [0.29, 0.717) is 6.54 Å². The van der Waals surface area contributed by atoms with Gasteiger partial charge in [0.1, 0.15) is 5.75 Å². The SMILES string of the molecule is CCNC(=NCc1cccc(Cn2ccnc2)c1)N1CCN(c2ccc(OC)cc2)CC1.I. The number of anilines is 1. The molecule has 1 aliphatic heterocycles. The molecular weight excluding hydrogens is 527 g/mol. The van der Waals surface area contributed by atoms with Crippen molar-refractivity contribution in [1.29, 1.82) is 0 Å². The molecule has 0 bridgehead atoms. The number of benzene rings is 2. The van der Waals surface area contributed by atoms with Crippen LogP contribution in [0.2, 0.25) is 0 Å².